The normalized spacial score (nSPS) is 14.2. The average molecular weight is 239 g/mol. The van der Waals surface area contributed by atoms with Gasteiger partial charge in [-0.2, -0.15) is 0 Å². The summed E-state index contributed by atoms with van der Waals surface area (Å²) < 4.78 is 0. The summed E-state index contributed by atoms with van der Waals surface area (Å²) in [7, 11) is 0. The Bertz CT molecular complexity index is 490. The number of aryl methyl sites for hydroxylation is 1. The molecule has 0 fully saturated rings. The van der Waals surface area contributed by atoms with Crippen LogP contribution in [0.25, 0.3) is 0 Å². The monoisotopic (exact) mass is 239 g/mol. The van der Waals surface area contributed by atoms with Crippen molar-refractivity contribution in [3.63, 3.8) is 0 Å². The molecular formula is C17H21N. The molecule has 0 aliphatic rings. The fourth-order valence-electron chi connectivity index (χ4n) is 2.38. The highest BCUT2D eigenvalue weighted by molar-refractivity contribution is 5.29. The van der Waals surface area contributed by atoms with Gasteiger partial charge in [-0.1, -0.05) is 54.6 Å². The lowest BCUT2D eigenvalue weighted by Crippen LogP contribution is -2.23. The third-order valence-corrected chi connectivity index (χ3v) is 3.45. The molecule has 0 saturated heterocycles. The van der Waals surface area contributed by atoms with Crippen molar-refractivity contribution in [2.45, 2.75) is 32.9 Å². The van der Waals surface area contributed by atoms with Gasteiger partial charge in [0, 0.05) is 12.1 Å². The smallest absolute Gasteiger partial charge is 0.0300 e. The molecule has 0 radical (unpaired) electrons. The van der Waals surface area contributed by atoms with Crippen molar-refractivity contribution in [1.82, 2.24) is 5.32 Å². The summed E-state index contributed by atoms with van der Waals surface area (Å²) in [4.78, 5) is 0. The SMILES string of the molecule is Cc1ccccc1[C@@H](C)NC(C)c1ccccc1. The first-order chi connectivity index (χ1) is 8.68. The molecule has 0 bridgehead atoms. The number of hydrogen-bond acceptors (Lipinski definition) is 1. The summed E-state index contributed by atoms with van der Waals surface area (Å²) in [6, 6.07) is 19.9. The zero-order valence-electron chi connectivity index (χ0n) is 11.4. The Morgan fingerprint density at radius 3 is 2.06 bits per heavy atom. The van der Waals surface area contributed by atoms with Crippen LogP contribution in [0.4, 0.5) is 0 Å². The van der Waals surface area contributed by atoms with Gasteiger partial charge in [-0.15, -0.1) is 0 Å². The fraction of sp³-hybridized carbons (Fsp3) is 0.294. The van der Waals surface area contributed by atoms with E-state index in [1.165, 1.54) is 16.7 Å². The van der Waals surface area contributed by atoms with Crippen LogP contribution in [-0.4, -0.2) is 0 Å². The van der Waals surface area contributed by atoms with Crippen LogP contribution in [0.1, 0.15) is 42.6 Å². The highest BCUT2D eigenvalue weighted by Crippen LogP contribution is 2.21. The summed E-state index contributed by atoms with van der Waals surface area (Å²) in [6.45, 7) is 6.60. The minimum atomic E-state index is 0.362. The minimum Gasteiger partial charge on any atom is -0.304 e. The van der Waals surface area contributed by atoms with E-state index in [1.54, 1.807) is 0 Å². The molecule has 1 heteroatoms. The average Bonchev–Trinajstić information content (AvgIpc) is 2.40. The second-order valence-electron chi connectivity index (χ2n) is 4.88. The van der Waals surface area contributed by atoms with Gasteiger partial charge in [-0.25, -0.2) is 0 Å². The molecule has 0 aliphatic heterocycles. The van der Waals surface area contributed by atoms with Crippen molar-refractivity contribution in [2.75, 3.05) is 0 Å². The lowest BCUT2D eigenvalue weighted by molar-refractivity contribution is 0.493. The van der Waals surface area contributed by atoms with Crippen molar-refractivity contribution < 1.29 is 0 Å². The van der Waals surface area contributed by atoms with Crippen LogP contribution in [0.3, 0.4) is 0 Å². The Morgan fingerprint density at radius 1 is 0.778 bits per heavy atom. The van der Waals surface area contributed by atoms with Crippen molar-refractivity contribution in [1.29, 1.82) is 0 Å². The second kappa shape index (κ2) is 5.83. The summed E-state index contributed by atoms with van der Waals surface area (Å²) in [5, 5.41) is 3.65. The van der Waals surface area contributed by atoms with Crippen molar-refractivity contribution in [3.8, 4) is 0 Å². The standard InChI is InChI=1S/C17H21N/c1-13-9-7-8-12-17(13)15(3)18-14(2)16-10-5-4-6-11-16/h4-12,14-15,18H,1-3H3/t14?,15-/m1/s1. The highest BCUT2D eigenvalue weighted by atomic mass is 14.9. The topological polar surface area (TPSA) is 12.0 Å². The summed E-state index contributed by atoms with van der Waals surface area (Å²) in [5.74, 6) is 0. The highest BCUT2D eigenvalue weighted by Gasteiger charge is 2.11. The van der Waals surface area contributed by atoms with Crippen molar-refractivity contribution in [3.05, 3.63) is 71.3 Å². The van der Waals surface area contributed by atoms with Gasteiger partial charge in [0.25, 0.3) is 0 Å². The van der Waals surface area contributed by atoms with Crippen LogP contribution in [0.15, 0.2) is 54.6 Å². The van der Waals surface area contributed by atoms with E-state index in [0.29, 0.717) is 12.1 Å². The van der Waals surface area contributed by atoms with Gasteiger partial charge in [0.05, 0.1) is 0 Å². The molecule has 2 aromatic rings. The molecule has 1 N–H and O–H groups in total. The maximum Gasteiger partial charge on any atom is 0.0300 e. The summed E-state index contributed by atoms with van der Waals surface area (Å²) >= 11 is 0. The number of benzene rings is 2. The van der Waals surface area contributed by atoms with E-state index < -0.39 is 0 Å². The number of hydrogen-bond donors (Lipinski definition) is 1. The summed E-state index contributed by atoms with van der Waals surface area (Å²) in [6.07, 6.45) is 0. The minimum absolute atomic E-state index is 0.362. The predicted molar refractivity (Wildman–Crippen MR) is 77.6 cm³/mol. The molecule has 0 saturated carbocycles. The van der Waals surface area contributed by atoms with Gasteiger partial charge < -0.3 is 5.32 Å². The maximum atomic E-state index is 3.65. The Morgan fingerprint density at radius 2 is 1.39 bits per heavy atom. The first kappa shape index (κ1) is 12.8. The largest absolute Gasteiger partial charge is 0.304 e. The Labute approximate surface area is 110 Å². The molecule has 18 heavy (non-hydrogen) atoms. The van der Waals surface area contributed by atoms with E-state index in [4.69, 9.17) is 0 Å². The second-order valence-corrected chi connectivity index (χ2v) is 4.88. The van der Waals surface area contributed by atoms with E-state index in [1.807, 2.05) is 0 Å². The molecule has 2 atom stereocenters. The van der Waals surface area contributed by atoms with Crippen LogP contribution in [0, 0.1) is 6.92 Å². The predicted octanol–water partition coefficient (Wildman–Crippen LogP) is 4.41. The molecule has 1 nitrogen and oxygen atoms in total. The first-order valence-corrected chi connectivity index (χ1v) is 6.55. The van der Waals surface area contributed by atoms with E-state index >= 15 is 0 Å². The molecule has 0 spiro atoms. The van der Waals surface area contributed by atoms with Crippen LogP contribution < -0.4 is 5.32 Å². The third kappa shape index (κ3) is 2.99. The molecule has 0 aromatic heterocycles. The Balaban J connectivity index is 2.08. The third-order valence-electron chi connectivity index (χ3n) is 3.45. The van der Waals surface area contributed by atoms with E-state index in [0.717, 1.165) is 0 Å². The maximum absolute atomic E-state index is 3.65. The molecule has 2 aromatic carbocycles. The van der Waals surface area contributed by atoms with Crippen LogP contribution >= 0.6 is 0 Å². The molecule has 94 valence electrons. The van der Waals surface area contributed by atoms with Crippen LogP contribution in [0.5, 0.6) is 0 Å². The quantitative estimate of drug-likeness (QED) is 0.833. The molecule has 0 aliphatic carbocycles. The van der Waals surface area contributed by atoms with Crippen molar-refractivity contribution >= 4 is 0 Å². The van der Waals surface area contributed by atoms with Gasteiger partial charge in [-0.05, 0) is 37.5 Å². The molecular weight excluding hydrogens is 218 g/mol. The van der Waals surface area contributed by atoms with Crippen LogP contribution in [0.2, 0.25) is 0 Å². The molecule has 0 heterocycles. The Hall–Kier alpha value is -1.60. The van der Waals surface area contributed by atoms with E-state index in [9.17, 15) is 0 Å². The Kier molecular flexibility index (Phi) is 4.16. The zero-order valence-corrected chi connectivity index (χ0v) is 11.4. The lowest BCUT2D eigenvalue weighted by atomic mass is 10.0. The van der Waals surface area contributed by atoms with E-state index in [2.05, 4.69) is 80.7 Å². The van der Waals surface area contributed by atoms with Crippen LogP contribution in [-0.2, 0) is 0 Å². The van der Waals surface area contributed by atoms with Gasteiger partial charge in [-0.3, -0.25) is 0 Å². The molecule has 2 rings (SSSR count). The molecule has 1 unspecified atom stereocenters. The van der Waals surface area contributed by atoms with Gasteiger partial charge in [0.2, 0.25) is 0 Å². The lowest BCUT2D eigenvalue weighted by Gasteiger charge is -2.22. The number of nitrogens with one attached hydrogen (secondary N) is 1. The van der Waals surface area contributed by atoms with E-state index in [-0.39, 0.29) is 0 Å². The zero-order chi connectivity index (χ0) is 13.0. The van der Waals surface area contributed by atoms with Gasteiger partial charge >= 0.3 is 0 Å². The molecule has 0 amide bonds. The fourth-order valence-corrected chi connectivity index (χ4v) is 2.38. The van der Waals surface area contributed by atoms with Crippen molar-refractivity contribution in [2.24, 2.45) is 0 Å². The van der Waals surface area contributed by atoms with Gasteiger partial charge in [0.1, 0.15) is 0 Å². The first-order valence-electron chi connectivity index (χ1n) is 6.55. The number of rotatable bonds is 4. The summed E-state index contributed by atoms with van der Waals surface area (Å²) in [5.41, 5.74) is 4.05. The van der Waals surface area contributed by atoms with Gasteiger partial charge in [0.15, 0.2) is 0 Å².